The molecule has 0 saturated carbocycles. The zero-order chi connectivity index (χ0) is 16.8. The molecule has 0 atom stereocenters. The van der Waals surface area contributed by atoms with Crippen LogP contribution in [0.5, 0.6) is 5.75 Å². The zero-order valence-corrected chi connectivity index (χ0v) is 14.5. The molecule has 122 valence electrons. The molecule has 0 unspecified atom stereocenters. The van der Waals surface area contributed by atoms with Gasteiger partial charge < -0.3 is 15.4 Å². The summed E-state index contributed by atoms with van der Waals surface area (Å²) in [5.41, 5.74) is 2.78. The fraction of sp³-hybridized carbons (Fsp3) is 0.235. The van der Waals surface area contributed by atoms with E-state index in [1.54, 1.807) is 18.2 Å². The summed E-state index contributed by atoms with van der Waals surface area (Å²) >= 11 is 11.8. The summed E-state index contributed by atoms with van der Waals surface area (Å²) in [6.07, 6.45) is 0. The molecule has 0 aliphatic rings. The Morgan fingerprint density at radius 2 is 1.96 bits per heavy atom. The Hall–Kier alpha value is -1.91. The van der Waals surface area contributed by atoms with E-state index in [2.05, 4.69) is 10.6 Å². The lowest BCUT2D eigenvalue weighted by Gasteiger charge is -2.12. The number of aryl methyl sites for hydroxylation is 1. The van der Waals surface area contributed by atoms with E-state index in [1.807, 2.05) is 32.0 Å². The molecule has 23 heavy (non-hydrogen) atoms. The summed E-state index contributed by atoms with van der Waals surface area (Å²) in [4.78, 5) is 11.8. The zero-order valence-electron chi connectivity index (χ0n) is 13.0. The molecule has 2 aromatic rings. The van der Waals surface area contributed by atoms with Crippen LogP contribution in [0, 0.1) is 13.8 Å². The predicted molar refractivity (Wildman–Crippen MR) is 94.9 cm³/mol. The number of hydrogen-bond acceptors (Lipinski definition) is 2. The highest BCUT2D eigenvalue weighted by Crippen LogP contribution is 2.25. The van der Waals surface area contributed by atoms with Crippen LogP contribution in [0.2, 0.25) is 10.0 Å². The smallest absolute Gasteiger partial charge is 0.319 e. The molecule has 6 heteroatoms. The largest absolute Gasteiger partial charge is 0.491 e. The molecule has 0 aliphatic carbocycles. The highest BCUT2D eigenvalue weighted by molar-refractivity contribution is 6.36. The van der Waals surface area contributed by atoms with Crippen LogP contribution in [0.4, 0.5) is 10.5 Å². The molecular weight excluding hydrogens is 335 g/mol. The summed E-state index contributed by atoms with van der Waals surface area (Å²) in [7, 11) is 0. The molecule has 0 radical (unpaired) electrons. The normalized spacial score (nSPS) is 10.3. The van der Waals surface area contributed by atoms with Gasteiger partial charge in [-0.05, 0) is 49.2 Å². The first-order valence-corrected chi connectivity index (χ1v) is 7.92. The number of ether oxygens (including phenoxy) is 1. The summed E-state index contributed by atoms with van der Waals surface area (Å²) in [6, 6.07) is 10.4. The Balaban J connectivity index is 1.78. The van der Waals surface area contributed by atoms with E-state index in [1.165, 1.54) is 5.56 Å². The maximum atomic E-state index is 11.8. The molecule has 4 nitrogen and oxygen atoms in total. The van der Waals surface area contributed by atoms with Gasteiger partial charge in [-0.1, -0.05) is 35.3 Å². The van der Waals surface area contributed by atoms with Gasteiger partial charge in [0, 0.05) is 5.02 Å². The van der Waals surface area contributed by atoms with Crippen molar-refractivity contribution in [3.8, 4) is 5.75 Å². The third-order valence-corrected chi connectivity index (χ3v) is 3.93. The van der Waals surface area contributed by atoms with Crippen molar-refractivity contribution in [3.63, 3.8) is 0 Å². The monoisotopic (exact) mass is 352 g/mol. The number of nitrogens with one attached hydrogen (secondary N) is 2. The summed E-state index contributed by atoms with van der Waals surface area (Å²) in [6.45, 7) is 4.80. The van der Waals surface area contributed by atoms with Crippen LogP contribution in [0.3, 0.4) is 0 Å². The van der Waals surface area contributed by atoms with Gasteiger partial charge in [-0.3, -0.25) is 0 Å². The van der Waals surface area contributed by atoms with Gasteiger partial charge in [-0.25, -0.2) is 4.79 Å². The van der Waals surface area contributed by atoms with Crippen molar-refractivity contribution < 1.29 is 9.53 Å². The van der Waals surface area contributed by atoms with Crippen LogP contribution in [-0.4, -0.2) is 19.2 Å². The van der Waals surface area contributed by atoms with Crippen molar-refractivity contribution in [2.75, 3.05) is 18.5 Å². The fourth-order valence-electron chi connectivity index (χ4n) is 1.96. The molecule has 0 bridgehead atoms. The Bertz CT molecular complexity index is 705. The molecule has 0 aliphatic heterocycles. The molecule has 0 spiro atoms. The Morgan fingerprint density at radius 1 is 1.17 bits per heavy atom. The van der Waals surface area contributed by atoms with Crippen molar-refractivity contribution in [2.24, 2.45) is 0 Å². The van der Waals surface area contributed by atoms with Gasteiger partial charge in [0.25, 0.3) is 0 Å². The summed E-state index contributed by atoms with van der Waals surface area (Å²) in [5, 5.41) is 6.28. The van der Waals surface area contributed by atoms with E-state index in [4.69, 9.17) is 27.9 Å². The van der Waals surface area contributed by atoms with Gasteiger partial charge in [-0.15, -0.1) is 0 Å². The topological polar surface area (TPSA) is 50.4 Å². The minimum Gasteiger partial charge on any atom is -0.491 e. The average molecular weight is 353 g/mol. The first kappa shape index (κ1) is 17.4. The maximum absolute atomic E-state index is 11.8. The second-order valence-electron chi connectivity index (χ2n) is 5.05. The number of carbonyl (C=O) groups is 1. The van der Waals surface area contributed by atoms with Gasteiger partial charge >= 0.3 is 6.03 Å². The molecule has 0 heterocycles. The predicted octanol–water partition coefficient (Wildman–Crippen LogP) is 4.81. The van der Waals surface area contributed by atoms with E-state index in [0.29, 0.717) is 28.9 Å². The van der Waals surface area contributed by atoms with Gasteiger partial charge in [0.15, 0.2) is 0 Å². The van der Waals surface area contributed by atoms with Crippen molar-refractivity contribution in [2.45, 2.75) is 13.8 Å². The number of carbonyl (C=O) groups excluding carboxylic acids is 1. The molecule has 2 N–H and O–H groups in total. The molecule has 2 aromatic carbocycles. The number of amides is 2. The van der Waals surface area contributed by atoms with Crippen molar-refractivity contribution in [1.29, 1.82) is 0 Å². The first-order chi connectivity index (χ1) is 11.0. The number of hydrogen-bond donors (Lipinski definition) is 2. The van der Waals surface area contributed by atoms with Crippen molar-refractivity contribution >= 4 is 34.9 Å². The number of benzene rings is 2. The minimum absolute atomic E-state index is 0.348. The highest BCUT2D eigenvalue weighted by Gasteiger charge is 2.06. The number of urea groups is 1. The Labute approximate surface area is 145 Å². The molecule has 0 saturated heterocycles. The highest BCUT2D eigenvalue weighted by atomic mass is 35.5. The van der Waals surface area contributed by atoms with E-state index in [0.717, 1.165) is 11.3 Å². The van der Waals surface area contributed by atoms with Crippen LogP contribution in [-0.2, 0) is 0 Å². The minimum atomic E-state index is -0.348. The van der Waals surface area contributed by atoms with Crippen LogP contribution < -0.4 is 15.4 Å². The SMILES string of the molecule is Cc1cccc(OCCNC(=O)Nc2ccc(Cl)cc2Cl)c1C. The van der Waals surface area contributed by atoms with Crippen LogP contribution in [0.1, 0.15) is 11.1 Å². The van der Waals surface area contributed by atoms with Crippen LogP contribution in [0.15, 0.2) is 36.4 Å². The molecular formula is C17H18Cl2N2O2. The lowest BCUT2D eigenvalue weighted by atomic mass is 10.1. The average Bonchev–Trinajstić information content (AvgIpc) is 2.50. The quantitative estimate of drug-likeness (QED) is 0.758. The first-order valence-electron chi connectivity index (χ1n) is 7.16. The maximum Gasteiger partial charge on any atom is 0.319 e. The lowest BCUT2D eigenvalue weighted by molar-refractivity contribution is 0.247. The van der Waals surface area contributed by atoms with Gasteiger partial charge in [-0.2, -0.15) is 0 Å². The molecule has 0 aromatic heterocycles. The number of rotatable bonds is 5. The van der Waals surface area contributed by atoms with Gasteiger partial charge in [0.05, 0.1) is 17.3 Å². The van der Waals surface area contributed by atoms with Crippen molar-refractivity contribution in [3.05, 3.63) is 57.6 Å². The van der Waals surface area contributed by atoms with E-state index in [9.17, 15) is 4.79 Å². The van der Waals surface area contributed by atoms with Gasteiger partial charge in [0.1, 0.15) is 12.4 Å². The number of halogens is 2. The van der Waals surface area contributed by atoms with E-state index in [-0.39, 0.29) is 6.03 Å². The Kier molecular flexibility index (Phi) is 6.13. The molecule has 2 rings (SSSR count). The second-order valence-corrected chi connectivity index (χ2v) is 5.90. The lowest BCUT2D eigenvalue weighted by Crippen LogP contribution is -2.32. The van der Waals surface area contributed by atoms with Crippen molar-refractivity contribution in [1.82, 2.24) is 5.32 Å². The third kappa shape index (κ3) is 5.05. The van der Waals surface area contributed by atoms with Crippen LogP contribution >= 0.6 is 23.2 Å². The third-order valence-electron chi connectivity index (χ3n) is 3.38. The summed E-state index contributed by atoms with van der Waals surface area (Å²) < 4.78 is 5.67. The van der Waals surface area contributed by atoms with Gasteiger partial charge in [0.2, 0.25) is 0 Å². The van der Waals surface area contributed by atoms with E-state index >= 15 is 0 Å². The molecule has 2 amide bonds. The standard InChI is InChI=1S/C17H18Cl2N2O2/c1-11-4-3-5-16(12(11)2)23-9-8-20-17(22)21-15-7-6-13(18)10-14(15)19/h3-7,10H,8-9H2,1-2H3,(H2,20,21,22). The fourth-order valence-corrected chi connectivity index (χ4v) is 2.42. The second kappa shape index (κ2) is 8.09. The summed E-state index contributed by atoms with van der Waals surface area (Å²) in [5.74, 6) is 0.827. The van der Waals surface area contributed by atoms with Crippen LogP contribution in [0.25, 0.3) is 0 Å². The van der Waals surface area contributed by atoms with E-state index < -0.39 is 0 Å². The Morgan fingerprint density at radius 3 is 2.70 bits per heavy atom. The number of anilines is 1. The molecule has 0 fully saturated rings.